The molecule has 0 unspecified atom stereocenters. The van der Waals surface area contributed by atoms with Crippen LogP contribution in [0, 0.1) is 6.92 Å². The van der Waals surface area contributed by atoms with Gasteiger partial charge in [-0.05, 0) is 49.9 Å². The van der Waals surface area contributed by atoms with Gasteiger partial charge in [0.1, 0.15) is 5.75 Å². The number of amides is 1. The molecule has 0 radical (unpaired) electrons. The van der Waals surface area contributed by atoms with Crippen LogP contribution in [0.4, 0.5) is 0 Å². The molecule has 2 aromatic rings. The van der Waals surface area contributed by atoms with Crippen molar-refractivity contribution >= 4 is 23.0 Å². The first-order valence-corrected chi connectivity index (χ1v) is 8.47. The van der Waals surface area contributed by atoms with Gasteiger partial charge in [0.05, 0.1) is 29.9 Å². The van der Waals surface area contributed by atoms with E-state index < -0.39 is 0 Å². The predicted molar refractivity (Wildman–Crippen MR) is 91.2 cm³/mol. The number of nitrogens with one attached hydrogen (secondary N) is 1. The normalized spacial score (nSPS) is 15.3. The Morgan fingerprint density at radius 3 is 3.04 bits per heavy atom. The van der Waals surface area contributed by atoms with Gasteiger partial charge in [-0.1, -0.05) is 0 Å². The van der Waals surface area contributed by atoms with Gasteiger partial charge in [0.25, 0.3) is 0 Å². The molecule has 0 atom stereocenters. The quantitative estimate of drug-likeness (QED) is 0.877. The standard InChI is InChI=1S/C17H19N3O2S/c1-11-18-13(10-23-11)9-17(21)20-19-16-5-3-4-12-8-14(22-2)6-7-15(12)16/h6-8,10H,3-5,9H2,1-2H3,(H,20,21)/b19-16-. The molecule has 1 aromatic carbocycles. The lowest BCUT2D eigenvalue weighted by molar-refractivity contribution is -0.120. The van der Waals surface area contributed by atoms with Gasteiger partial charge in [-0.15, -0.1) is 11.3 Å². The third-order valence-corrected chi connectivity index (χ3v) is 4.63. The van der Waals surface area contributed by atoms with E-state index >= 15 is 0 Å². The third kappa shape index (κ3) is 3.76. The fourth-order valence-electron chi connectivity index (χ4n) is 2.71. The van der Waals surface area contributed by atoms with Crippen molar-refractivity contribution < 1.29 is 9.53 Å². The van der Waals surface area contributed by atoms with Crippen LogP contribution in [0.3, 0.4) is 0 Å². The zero-order valence-electron chi connectivity index (χ0n) is 13.3. The van der Waals surface area contributed by atoms with Gasteiger partial charge in [-0.2, -0.15) is 5.10 Å². The van der Waals surface area contributed by atoms with E-state index in [-0.39, 0.29) is 12.3 Å². The summed E-state index contributed by atoms with van der Waals surface area (Å²) in [7, 11) is 1.67. The number of benzene rings is 1. The Labute approximate surface area is 139 Å². The molecule has 0 saturated carbocycles. The van der Waals surface area contributed by atoms with E-state index in [0.717, 1.165) is 47.0 Å². The molecule has 1 amide bonds. The minimum atomic E-state index is -0.136. The summed E-state index contributed by atoms with van der Waals surface area (Å²) in [6.07, 6.45) is 3.17. The average Bonchev–Trinajstić information content (AvgIpc) is 2.97. The summed E-state index contributed by atoms with van der Waals surface area (Å²) in [6.45, 7) is 1.93. The molecule has 1 N–H and O–H groups in total. The highest BCUT2D eigenvalue weighted by Gasteiger charge is 2.16. The maximum atomic E-state index is 12.0. The first kappa shape index (κ1) is 15.7. The van der Waals surface area contributed by atoms with E-state index in [4.69, 9.17) is 4.74 Å². The second kappa shape index (κ2) is 6.91. The number of rotatable bonds is 4. The second-order valence-electron chi connectivity index (χ2n) is 5.50. The zero-order chi connectivity index (χ0) is 16.2. The molecule has 0 fully saturated rings. The minimum absolute atomic E-state index is 0.136. The fourth-order valence-corrected chi connectivity index (χ4v) is 3.32. The molecule has 0 aliphatic heterocycles. The average molecular weight is 329 g/mol. The van der Waals surface area contributed by atoms with Gasteiger partial charge in [0.15, 0.2) is 0 Å². The van der Waals surface area contributed by atoms with Crippen molar-refractivity contribution in [2.24, 2.45) is 5.10 Å². The second-order valence-corrected chi connectivity index (χ2v) is 6.57. The summed E-state index contributed by atoms with van der Waals surface area (Å²) in [6, 6.07) is 5.99. The van der Waals surface area contributed by atoms with Crippen molar-refractivity contribution in [1.29, 1.82) is 0 Å². The van der Waals surface area contributed by atoms with E-state index in [2.05, 4.69) is 15.5 Å². The molecule has 0 spiro atoms. The number of methoxy groups -OCH3 is 1. The third-order valence-electron chi connectivity index (χ3n) is 3.81. The van der Waals surface area contributed by atoms with Gasteiger partial charge < -0.3 is 4.74 Å². The highest BCUT2D eigenvalue weighted by atomic mass is 32.1. The van der Waals surface area contributed by atoms with Crippen LogP contribution in [0.25, 0.3) is 0 Å². The first-order chi connectivity index (χ1) is 11.2. The summed E-state index contributed by atoms with van der Waals surface area (Å²) in [5, 5.41) is 7.21. The molecule has 3 rings (SSSR count). The number of carbonyl (C=O) groups excluding carboxylic acids is 1. The number of aryl methyl sites for hydroxylation is 2. The molecular weight excluding hydrogens is 310 g/mol. The lowest BCUT2D eigenvalue weighted by atomic mass is 9.90. The van der Waals surface area contributed by atoms with Crippen LogP contribution in [0.2, 0.25) is 0 Å². The Hall–Kier alpha value is -2.21. The Morgan fingerprint density at radius 2 is 2.30 bits per heavy atom. The van der Waals surface area contributed by atoms with Crippen LogP contribution >= 0.6 is 11.3 Å². The molecule has 23 heavy (non-hydrogen) atoms. The summed E-state index contributed by atoms with van der Waals surface area (Å²) in [5.41, 5.74) is 6.70. The number of carbonyl (C=O) groups is 1. The number of ether oxygens (including phenoxy) is 1. The van der Waals surface area contributed by atoms with E-state index in [1.165, 1.54) is 5.56 Å². The molecule has 0 saturated heterocycles. The number of hydrazone groups is 1. The van der Waals surface area contributed by atoms with Gasteiger partial charge in [-0.25, -0.2) is 10.4 Å². The highest BCUT2D eigenvalue weighted by Crippen LogP contribution is 2.25. The van der Waals surface area contributed by atoms with Crippen molar-refractivity contribution in [3.05, 3.63) is 45.4 Å². The molecule has 1 aliphatic carbocycles. The Morgan fingerprint density at radius 1 is 1.43 bits per heavy atom. The summed E-state index contributed by atoms with van der Waals surface area (Å²) < 4.78 is 5.27. The largest absolute Gasteiger partial charge is 0.497 e. The van der Waals surface area contributed by atoms with Gasteiger partial charge in [0.2, 0.25) is 5.91 Å². The van der Waals surface area contributed by atoms with Crippen LogP contribution in [-0.4, -0.2) is 23.7 Å². The summed E-state index contributed by atoms with van der Waals surface area (Å²) >= 11 is 1.55. The molecule has 0 bridgehead atoms. The minimum Gasteiger partial charge on any atom is -0.497 e. The zero-order valence-corrected chi connectivity index (χ0v) is 14.1. The van der Waals surface area contributed by atoms with Crippen molar-refractivity contribution in [1.82, 2.24) is 10.4 Å². The smallest absolute Gasteiger partial charge is 0.246 e. The highest BCUT2D eigenvalue weighted by molar-refractivity contribution is 7.09. The Kier molecular flexibility index (Phi) is 4.71. The number of hydrogen-bond donors (Lipinski definition) is 1. The number of aromatic nitrogens is 1. The molecular formula is C17H19N3O2S. The van der Waals surface area contributed by atoms with Crippen LogP contribution in [-0.2, 0) is 17.6 Å². The van der Waals surface area contributed by atoms with Crippen LogP contribution in [0.15, 0.2) is 28.7 Å². The van der Waals surface area contributed by atoms with Crippen LogP contribution in [0.5, 0.6) is 5.75 Å². The molecule has 120 valence electrons. The lowest BCUT2D eigenvalue weighted by Crippen LogP contribution is -2.23. The number of thiazole rings is 1. The number of hydrogen-bond acceptors (Lipinski definition) is 5. The molecule has 6 heteroatoms. The topological polar surface area (TPSA) is 63.6 Å². The van der Waals surface area contributed by atoms with Crippen molar-refractivity contribution in [3.8, 4) is 5.75 Å². The van der Waals surface area contributed by atoms with Crippen molar-refractivity contribution in [2.45, 2.75) is 32.6 Å². The van der Waals surface area contributed by atoms with Gasteiger partial charge in [0, 0.05) is 10.9 Å². The lowest BCUT2D eigenvalue weighted by Gasteiger charge is -2.18. The molecule has 1 aromatic heterocycles. The molecule has 5 nitrogen and oxygen atoms in total. The van der Waals surface area contributed by atoms with Crippen LogP contribution in [0.1, 0.15) is 34.7 Å². The van der Waals surface area contributed by atoms with Gasteiger partial charge >= 0.3 is 0 Å². The number of nitrogens with zero attached hydrogens (tertiary/aromatic N) is 2. The van der Waals surface area contributed by atoms with E-state index in [0.29, 0.717) is 0 Å². The monoisotopic (exact) mass is 329 g/mol. The first-order valence-electron chi connectivity index (χ1n) is 7.59. The predicted octanol–water partition coefficient (Wildman–Crippen LogP) is 2.86. The molecule has 1 heterocycles. The Balaban J connectivity index is 1.70. The van der Waals surface area contributed by atoms with Crippen LogP contribution < -0.4 is 10.2 Å². The van der Waals surface area contributed by atoms with E-state index in [9.17, 15) is 4.79 Å². The van der Waals surface area contributed by atoms with E-state index in [1.54, 1.807) is 18.4 Å². The maximum Gasteiger partial charge on any atom is 0.246 e. The SMILES string of the molecule is COc1ccc2c(c1)CCC/C2=N/NC(=O)Cc1csc(C)n1. The summed E-state index contributed by atoms with van der Waals surface area (Å²) in [5.74, 6) is 0.719. The van der Waals surface area contributed by atoms with Crippen molar-refractivity contribution in [3.63, 3.8) is 0 Å². The molecule has 1 aliphatic rings. The number of fused-ring (bicyclic) bond motifs is 1. The van der Waals surface area contributed by atoms with Crippen molar-refractivity contribution in [2.75, 3.05) is 7.11 Å². The van der Waals surface area contributed by atoms with E-state index in [1.807, 2.05) is 30.5 Å². The van der Waals surface area contributed by atoms with Gasteiger partial charge in [-0.3, -0.25) is 4.79 Å². The summed E-state index contributed by atoms with van der Waals surface area (Å²) in [4.78, 5) is 16.3. The fraction of sp³-hybridized carbons (Fsp3) is 0.353. The Bertz CT molecular complexity index is 752. The maximum absolute atomic E-state index is 12.0.